The summed E-state index contributed by atoms with van der Waals surface area (Å²) in [6.07, 6.45) is 2.10. The highest BCUT2D eigenvalue weighted by Crippen LogP contribution is 2.27. The third-order valence-electron chi connectivity index (χ3n) is 4.70. The highest BCUT2D eigenvalue weighted by Gasteiger charge is 2.26. The van der Waals surface area contributed by atoms with E-state index in [9.17, 15) is 17.2 Å². The van der Waals surface area contributed by atoms with E-state index in [4.69, 9.17) is 4.74 Å². The average molecular weight is 396 g/mol. The molecule has 2 aromatic carbocycles. The van der Waals surface area contributed by atoms with Gasteiger partial charge in [-0.15, -0.1) is 0 Å². The summed E-state index contributed by atoms with van der Waals surface area (Å²) in [6, 6.07) is 9.54. The topological polar surface area (TPSA) is 58.6 Å². The van der Waals surface area contributed by atoms with Crippen LogP contribution in [-0.4, -0.2) is 40.1 Å². The van der Waals surface area contributed by atoms with Crippen molar-refractivity contribution in [3.8, 4) is 5.75 Å². The lowest BCUT2D eigenvalue weighted by atomic mass is 10.1. The number of halogens is 2. The second kappa shape index (κ2) is 8.33. The monoisotopic (exact) mass is 396 g/mol. The van der Waals surface area contributed by atoms with Crippen molar-refractivity contribution < 1.29 is 21.9 Å². The summed E-state index contributed by atoms with van der Waals surface area (Å²) in [4.78, 5) is 1.78. The molecule has 0 aromatic heterocycles. The van der Waals surface area contributed by atoms with Crippen LogP contribution in [0.25, 0.3) is 0 Å². The van der Waals surface area contributed by atoms with Gasteiger partial charge in [-0.25, -0.2) is 21.9 Å². The van der Waals surface area contributed by atoms with Gasteiger partial charge in [-0.1, -0.05) is 12.1 Å². The van der Waals surface area contributed by atoms with Crippen molar-refractivity contribution >= 4 is 10.0 Å². The number of nitrogens with zero attached hydrogens (tertiary/aromatic N) is 1. The maximum Gasteiger partial charge on any atom is 0.240 e. The van der Waals surface area contributed by atoms with E-state index in [-0.39, 0.29) is 12.6 Å². The zero-order valence-electron chi connectivity index (χ0n) is 15.0. The summed E-state index contributed by atoms with van der Waals surface area (Å²) in [7, 11) is -2.45. The maximum atomic E-state index is 13.4. The highest BCUT2D eigenvalue weighted by molar-refractivity contribution is 7.89. The van der Waals surface area contributed by atoms with Crippen molar-refractivity contribution in [1.82, 2.24) is 9.62 Å². The predicted molar refractivity (Wildman–Crippen MR) is 98.1 cm³/mol. The fraction of sp³-hybridized carbons (Fsp3) is 0.368. The highest BCUT2D eigenvalue weighted by atomic mass is 32.2. The zero-order chi connectivity index (χ0) is 19.4. The van der Waals surface area contributed by atoms with Gasteiger partial charge in [0.2, 0.25) is 10.0 Å². The van der Waals surface area contributed by atoms with Crippen molar-refractivity contribution in [2.24, 2.45) is 0 Å². The van der Waals surface area contributed by atoms with Gasteiger partial charge in [0.25, 0.3) is 0 Å². The molecule has 0 radical (unpaired) electrons. The first-order valence-electron chi connectivity index (χ1n) is 8.73. The number of methoxy groups -OCH3 is 1. The van der Waals surface area contributed by atoms with Crippen LogP contribution in [0.1, 0.15) is 24.4 Å². The minimum atomic E-state index is -4.03. The molecule has 1 fully saturated rings. The molecule has 8 heteroatoms. The van der Waals surface area contributed by atoms with Crippen molar-refractivity contribution in [3.63, 3.8) is 0 Å². The van der Waals surface area contributed by atoms with Crippen LogP contribution in [0, 0.1) is 11.6 Å². The molecule has 27 heavy (non-hydrogen) atoms. The molecule has 1 unspecified atom stereocenters. The average Bonchev–Trinajstić information content (AvgIpc) is 3.16. The molecule has 1 N–H and O–H groups in total. The molecule has 0 bridgehead atoms. The lowest BCUT2D eigenvalue weighted by molar-refractivity contribution is 0.246. The molecule has 3 rings (SSSR count). The lowest BCUT2D eigenvalue weighted by Gasteiger charge is -2.28. The standard InChI is InChI=1S/C19H22F2N2O3S/c1-26-17-6-4-14(5-7-17)19(23-8-2-3-9-23)13-22-27(24,25)18-11-15(20)10-16(21)12-18/h4-7,10-12,19,22H,2-3,8-9,13H2,1H3. The van der Waals surface area contributed by atoms with E-state index in [2.05, 4.69) is 9.62 Å². The summed E-state index contributed by atoms with van der Waals surface area (Å²) in [6.45, 7) is 1.84. The van der Waals surface area contributed by atoms with E-state index in [1.165, 1.54) is 0 Å². The minimum absolute atomic E-state index is 0.104. The van der Waals surface area contributed by atoms with E-state index in [0.717, 1.165) is 49.4 Å². The van der Waals surface area contributed by atoms with Gasteiger partial charge in [-0.3, -0.25) is 4.90 Å². The Morgan fingerprint density at radius 3 is 2.22 bits per heavy atom. The molecular weight excluding hydrogens is 374 g/mol. The molecule has 0 amide bonds. The number of hydrogen-bond acceptors (Lipinski definition) is 4. The van der Waals surface area contributed by atoms with Gasteiger partial charge in [0, 0.05) is 18.7 Å². The molecule has 0 aliphatic carbocycles. The van der Waals surface area contributed by atoms with Crippen molar-refractivity contribution in [2.75, 3.05) is 26.7 Å². The molecule has 0 saturated carbocycles. The summed E-state index contributed by atoms with van der Waals surface area (Å²) in [5.74, 6) is -1.14. The van der Waals surface area contributed by atoms with Gasteiger partial charge in [0.15, 0.2) is 0 Å². The molecular formula is C19H22F2N2O3S. The van der Waals surface area contributed by atoms with E-state index in [1.54, 1.807) is 7.11 Å². The first-order chi connectivity index (χ1) is 12.9. The Hall–Kier alpha value is -2.03. The number of rotatable bonds is 7. The Morgan fingerprint density at radius 2 is 1.67 bits per heavy atom. The SMILES string of the molecule is COc1ccc(C(CNS(=O)(=O)c2cc(F)cc(F)c2)N2CCCC2)cc1. The predicted octanol–water partition coefficient (Wildman–Crippen LogP) is 3.09. The van der Waals surface area contributed by atoms with E-state index in [1.807, 2.05) is 24.3 Å². The first kappa shape index (κ1) is 19.7. The molecule has 146 valence electrons. The molecule has 1 atom stereocenters. The van der Waals surface area contributed by atoms with Gasteiger partial charge < -0.3 is 4.74 Å². The molecule has 2 aromatic rings. The van der Waals surface area contributed by atoms with Gasteiger partial charge >= 0.3 is 0 Å². The zero-order valence-corrected chi connectivity index (χ0v) is 15.8. The molecule has 1 aliphatic rings. The largest absolute Gasteiger partial charge is 0.497 e. The van der Waals surface area contributed by atoms with Crippen LogP contribution in [-0.2, 0) is 10.0 Å². The van der Waals surface area contributed by atoms with Gasteiger partial charge in [-0.05, 0) is 55.8 Å². The number of ether oxygens (including phenoxy) is 1. The second-order valence-corrected chi connectivity index (χ2v) is 8.26. The molecule has 5 nitrogen and oxygen atoms in total. The van der Waals surface area contributed by atoms with Crippen LogP contribution < -0.4 is 9.46 Å². The molecule has 1 aliphatic heterocycles. The van der Waals surface area contributed by atoms with Crippen LogP contribution in [0.3, 0.4) is 0 Å². The number of benzene rings is 2. The summed E-state index contributed by atoms with van der Waals surface area (Å²) in [5, 5.41) is 0. The Labute approximate surface area is 158 Å². The smallest absolute Gasteiger partial charge is 0.240 e. The first-order valence-corrected chi connectivity index (χ1v) is 10.2. The van der Waals surface area contributed by atoms with Gasteiger partial charge in [-0.2, -0.15) is 0 Å². The fourth-order valence-electron chi connectivity index (χ4n) is 3.29. The Bertz CT molecular complexity index is 862. The number of nitrogens with one attached hydrogen (secondary N) is 1. The second-order valence-electron chi connectivity index (χ2n) is 6.49. The van der Waals surface area contributed by atoms with Crippen molar-refractivity contribution in [2.45, 2.75) is 23.8 Å². The summed E-state index contributed by atoms with van der Waals surface area (Å²) < 4.78 is 59.5. The van der Waals surface area contributed by atoms with E-state index in [0.29, 0.717) is 6.07 Å². The third kappa shape index (κ3) is 4.82. The number of hydrogen-bond donors (Lipinski definition) is 1. The van der Waals surface area contributed by atoms with Crippen molar-refractivity contribution in [3.05, 3.63) is 59.7 Å². The van der Waals surface area contributed by atoms with Crippen LogP contribution >= 0.6 is 0 Å². The fourth-order valence-corrected chi connectivity index (χ4v) is 4.37. The van der Waals surface area contributed by atoms with Gasteiger partial charge in [0.05, 0.1) is 12.0 Å². The normalized spacial score (nSPS) is 16.4. The lowest BCUT2D eigenvalue weighted by Crippen LogP contribution is -2.36. The van der Waals surface area contributed by atoms with E-state index < -0.39 is 26.6 Å². The Morgan fingerprint density at radius 1 is 1.07 bits per heavy atom. The maximum absolute atomic E-state index is 13.4. The number of sulfonamides is 1. The molecule has 0 spiro atoms. The van der Waals surface area contributed by atoms with Crippen LogP contribution in [0.4, 0.5) is 8.78 Å². The molecule has 1 heterocycles. The van der Waals surface area contributed by atoms with Crippen LogP contribution in [0.2, 0.25) is 0 Å². The molecule has 1 saturated heterocycles. The van der Waals surface area contributed by atoms with Crippen molar-refractivity contribution in [1.29, 1.82) is 0 Å². The van der Waals surface area contributed by atoms with Gasteiger partial charge in [0.1, 0.15) is 17.4 Å². The third-order valence-corrected chi connectivity index (χ3v) is 6.10. The Kier molecular flexibility index (Phi) is 6.08. The summed E-state index contributed by atoms with van der Waals surface area (Å²) >= 11 is 0. The van der Waals surface area contributed by atoms with E-state index >= 15 is 0 Å². The quantitative estimate of drug-likeness (QED) is 0.781. The Balaban J connectivity index is 1.81. The minimum Gasteiger partial charge on any atom is -0.497 e. The summed E-state index contributed by atoms with van der Waals surface area (Å²) in [5.41, 5.74) is 0.950. The van der Waals surface area contributed by atoms with Crippen LogP contribution in [0.5, 0.6) is 5.75 Å². The number of likely N-dealkylation sites (tertiary alicyclic amines) is 1. The van der Waals surface area contributed by atoms with Crippen LogP contribution in [0.15, 0.2) is 47.4 Å².